The summed E-state index contributed by atoms with van der Waals surface area (Å²) in [5.41, 5.74) is 3.84. The average molecular weight is 289 g/mol. The summed E-state index contributed by atoms with van der Waals surface area (Å²) < 4.78 is 0. The molecule has 2 rings (SSSR count). The van der Waals surface area contributed by atoms with Crippen molar-refractivity contribution in [3.8, 4) is 0 Å². The lowest BCUT2D eigenvalue weighted by Gasteiger charge is -2.13. The van der Waals surface area contributed by atoms with Gasteiger partial charge in [0.25, 0.3) is 0 Å². The summed E-state index contributed by atoms with van der Waals surface area (Å²) >= 11 is 1.79. The van der Waals surface area contributed by atoms with E-state index in [-0.39, 0.29) is 0 Å². The molecule has 0 aliphatic heterocycles. The molecule has 0 spiro atoms. The number of thiazole rings is 1. The number of benzene rings is 1. The topological polar surface area (TPSA) is 28.2 Å². The van der Waals surface area contributed by atoms with Crippen LogP contribution in [0.5, 0.6) is 0 Å². The van der Waals surface area contributed by atoms with Crippen molar-refractivity contribution in [1.82, 2.24) is 9.88 Å². The summed E-state index contributed by atoms with van der Waals surface area (Å²) in [4.78, 5) is 7.87. The molecule has 0 atom stereocenters. The second-order valence-electron chi connectivity index (χ2n) is 5.31. The normalized spacial score (nSPS) is 11.1. The van der Waals surface area contributed by atoms with Gasteiger partial charge in [-0.1, -0.05) is 19.1 Å². The number of aromatic nitrogens is 1. The number of hydrogen-bond acceptors (Lipinski definition) is 4. The number of hydrogen-bond donors (Lipinski definition) is 1. The third kappa shape index (κ3) is 4.05. The summed E-state index contributed by atoms with van der Waals surface area (Å²) in [5, 5.41) is 4.74. The number of rotatable bonds is 6. The Morgan fingerprint density at radius 3 is 2.75 bits per heavy atom. The van der Waals surface area contributed by atoms with Crippen molar-refractivity contribution in [1.29, 1.82) is 0 Å². The number of nitrogens with one attached hydrogen (secondary N) is 1. The molecular formula is C16H23N3S. The van der Waals surface area contributed by atoms with E-state index in [1.807, 2.05) is 6.20 Å². The summed E-state index contributed by atoms with van der Waals surface area (Å²) in [6, 6.07) is 6.63. The van der Waals surface area contributed by atoms with Gasteiger partial charge in [-0.3, -0.25) is 0 Å². The summed E-state index contributed by atoms with van der Waals surface area (Å²) in [5.74, 6) is 0. The molecule has 0 bridgehead atoms. The summed E-state index contributed by atoms with van der Waals surface area (Å²) in [6.45, 7) is 6.11. The molecule has 0 fully saturated rings. The Morgan fingerprint density at radius 1 is 1.30 bits per heavy atom. The van der Waals surface area contributed by atoms with Gasteiger partial charge in [0.15, 0.2) is 0 Å². The second kappa shape index (κ2) is 6.86. The molecule has 4 heteroatoms. The van der Waals surface area contributed by atoms with E-state index in [9.17, 15) is 0 Å². The van der Waals surface area contributed by atoms with Gasteiger partial charge in [-0.25, -0.2) is 4.98 Å². The molecule has 3 nitrogen and oxygen atoms in total. The van der Waals surface area contributed by atoms with Crippen LogP contribution < -0.4 is 5.32 Å². The van der Waals surface area contributed by atoms with Crippen LogP contribution in [0.3, 0.4) is 0 Å². The number of anilines is 1. The molecule has 0 amide bonds. The van der Waals surface area contributed by atoms with Gasteiger partial charge in [0.05, 0.1) is 11.6 Å². The van der Waals surface area contributed by atoms with Gasteiger partial charge in [-0.2, -0.15) is 0 Å². The highest BCUT2D eigenvalue weighted by Crippen LogP contribution is 2.20. The van der Waals surface area contributed by atoms with E-state index < -0.39 is 0 Å². The van der Waals surface area contributed by atoms with E-state index >= 15 is 0 Å². The minimum absolute atomic E-state index is 0.851. The minimum atomic E-state index is 0.851. The van der Waals surface area contributed by atoms with Crippen LogP contribution in [0.4, 0.5) is 5.69 Å². The molecule has 1 aromatic carbocycles. The fourth-order valence-electron chi connectivity index (χ4n) is 2.10. The van der Waals surface area contributed by atoms with Crippen LogP contribution in [0, 0.1) is 6.92 Å². The molecule has 1 heterocycles. The minimum Gasteiger partial charge on any atom is -0.380 e. The Kier molecular flexibility index (Phi) is 5.15. The standard InChI is InChI=1S/C16H23N3S/c1-5-16-18-10-14(20-16)9-17-15-8-13(11-19(3)4)7-6-12(15)2/h6-8,10,17H,5,9,11H2,1-4H3. The number of nitrogens with zero attached hydrogens (tertiary/aromatic N) is 2. The van der Waals surface area contributed by atoms with Crippen molar-refractivity contribution in [3.63, 3.8) is 0 Å². The molecule has 1 aromatic heterocycles. The van der Waals surface area contributed by atoms with E-state index in [0.29, 0.717) is 0 Å². The fourth-order valence-corrected chi connectivity index (χ4v) is 2.90. The fraction of sp³-hybridized carbons (Fsp3) is 0.438. The quantitative estimate of drug-likeness (QED) is 0.879. The third-order valence-corrected chi connectivity index (χ3v) is 4.30. The molecule has 0 unspecified atom stereocenters. The van der Waals surface area contributed by atoms with Crippen LogP contribution in [0.15, 0.2) is 24.4 Å². The van der Waals surface area contributed by atoms with Crippen molar-refractivity contribution in [2.75, 3.05) is 19.4 Å². The maximum Gasteiger partial charge on any atom is 0.0925 e. The van der Waals surface area contributed by atoms with Crippen LogP contribution >= 0.6 is 11.3 Å². The van der Waals surface area contributed by atoms with Gasteiger partial charge in [0.1, 0.15) is 0 Å². The first-order valence-corrected chi connectivity index (χ1v) is 7.82. The highest BCUT2D eigenvalue weighted by atomic mass is 32.1. The zero-order chi connectivity index (χ0) is 14.5. The largest absolute Gasteiger partial charge is 0.380 e. The van der Waals surface area contributed by atoms with Gasteiger partial charge in [-0.15, -0.1) is 11.3 Å². The SMILES string of the molecule is CCc1ncc(CNc2cc(CN(C)C)ccc2C)s1. The molecule has 0 aliphatic rings. The Labute approximate surface area is 125 Å². The maximum absolute atomic E-state index is 4.40. The van der Waals surface area contributed by atoms with Crippen molar-refractivity contribution in [3.05, 3.63) is 45.4 Å². The predicted molar refractivity (Wildman–Crippen MR) is 87.4 cm³/mol. The van der Waals surface area contributed by atoms with Crippen molar-refractivity contribution >= 4 is 17.0 Å². The highest BCUT2D eigenvalue weighted by molar-refractivity contribution is 7.11. The lowest BCUT2D eigenvalue weighted by molar-refractivity contribution is 0.402. The van der Waals surface area contributed by atoms with E-state index in [4.69, 9.17) is 0 Å². The zero-order valence-electron chi connectivity index (χ0n) is 12.7. The molecule has 0 aliphatic carbocycles. The van der Waals surface area contributed by atoms with Crippen molar-refractivity contribution in [2.24, 2.45) is 0 Å². The average Bonchev–Trinajstić information content (AvgIpc) is 2.87. The molecule has 2 aromatic rings. The third-order valence-electron chi connectivity index (χ3n) is 3.16. The Hall–Kier alpha value is -1.39. The van der Waals surface area contributed by atoms with Gasteiger partial charge in [-0.05, 0) is 44.6 Å². The molecule has 20 heavy (non-hydrogen) atoms. The Balaban J connectivity index is 2.04. The van der Waals surface area contributed by atoms with Crippen molar-refractivity contribution < 1.29 is 0 Å². The van der Waals surface area contributed by atoms with Crippen molar-refractivity contribution in [2.45, 2.75) is 33.4 Å². The first kappa shape index (κ1) is 15.0. The number of aryl methyl sites for hydroxylation is 2. The second-order valence-corrected chi connectivity index (χ2v) is 6.51. The van der Waals surface area contributed by atoms with Gasteiger partial charge in [0, 0.05) is 23.3 Å². The predicted octanol–water partition coefficient (Wildman–Crippen LogP) is 3.69. The first-order valence-electron chi connectivity index (χ1n) is 7.00. The first-order chi connectivity index (χ1) is 9.58. The molecule has 108 valence electrons. The monoisotopic (exact) mass is 289 g/mol. The Morgan fingerprint density at radius 2 is 2.10 bits per heavy atom. The van der Waals surface area contributed by atoms with E-state index in [2.05, 4.69) is 61.3 Å². The zero-order valence-corrected chi connectivity index (χ0v) is 13.5. The lowest BCUT2D eigenvalue weighted by Crippen LogP contribution is -2.11. The van der Waals surface area contributed by atoms with E-state index in [0.717, 1.165) is 19.5 Å². The molecule has 0 radical (unpaired) electrons. The molecule has 0 saturated heterocycles. The van der Waals surface area contributed by atoms with Crippen LogP contribution in [-0.2, 0) is 19.5 Å². The highest BCUT2D eigenvalue weighted by Gasteiger charge is 2.04. The molecule has 0 saturated carbocycles. The van der Waals surface area contributed by atoms with Gasteiger partial charge in [0.2, 0.25) is 0 Å². The lowest BCUT2D eigenvalue weighted by atomic mass is 10.1. The van der Waals surface area contributed by atoms with Crippen LogP contribution in [0.2, 0.25) is 0 Å². The van der Waals surface area contributed by atoms with E-state index in [1.54, 1.807) is 11.3 Å². The summed E-state index contributed by atoms with van der Waals surface area (Å²) in [7, 11) is 4.19. The van der Waals surface area contributed by atoms with Crippen LogP contribution in [0.25, 0.3) is 0 Å². The van der Waals surface area contributed by atoms with Gasteiger partial charge < -0.3 is 10.2 Å². The van der Waals surface area contributed by atoms with Gasteiger partial charge >= 0.3 is 0 Å². The van der Waals surface area contributed by atoms with Crippen LogP contribution in [-0.4, -0.2) is 24.0 Å². The molecular weight excluding hydrogens is 266 g/mol. The smallest absolute Gasteiger partial charge is 0.0925 e. The molecule has 1 N–H and O–H groups in total. The summed E-state index contributed by atoms with van der Waals surface area (Å²) in [6.07, 6.45) is 3.00. The van der Waals surface area contributed by atoms with Crippen LogP contribution in [0.1, 0.15) is 27.9 Å². The van der Waals surface area contributed by atoms with E-state index in [1.165, 1.54) is 26.7 Å². The maximum atomic E-state index is 4.40. The Bertz CT molecular complexity index is 561.